The number of carbonyl (C=O) groups is 4. The van der Waals surface area contributed by atoms with Gasteiger partial charge in [0.1, 0.15) is 25.0 Å². The van der Waals surface area contributed by atoms with Gasteiger partial charge in [0.05, 0.1) is 23.6 Å². The number of hydrogen-bond donors (Lipinski definition) is 0. The smallest absolute Gasteiger partial charge is 0.338 e. The lowest BCUT2D eigenvalue weighted by atomic mass is 10.1. The van der Waals surface area contributed by atoms with E-state index in [2.05, 4.69) is 27.6 Å². The molecular formula is C42H35IN4O8. The van der Waals surface area contributed by atoms with Crippen molar-refractivity contribution in [3.63, 3.8) is 0 Å². The summed E-state index contributed by atoms with van der Waals surface area (Å²) >= 11 is 2.12. The molecule has 2 aromatic heterocycles. The molecule has 0 spiro atoms. The fraction of sp³-hybridized carbons (Fsp3) is 0.190. The van der Waals surface area contributed by atoms with Gasteiger partial charge in [-0.05, 0) is 85.0 Å². The van der Waals surface area contributed by atoms with Gasteiger partial charge in [0, 0.05) is 27.3 Å². The predicted octanol–water partition coefficient (Wildman–Crippen LogP) is 7.52. The Labute approximate surface area is 330 Å². The van der Waals surface area contributed by atoms with Crippen molar-refractivity contribution >= 4 is 63.3 Å². The highest BCUT2D eigenvalue weighted by molar-refractivity contribution is 14.1. The Bertz CT molecular complexity index is 2320. The summed E-state index contributed by atoms with van der Waals surface area (Å²) in [7, 11) is 1.44. The maximum atomic E-state index is 14.1. The molecule has 1 aliphatic rings. The van der Waals surface area contributed by atoms with E-state index in [1.807, 2.05) is 38.1 Å². The molecule has 1 fully saturated rings. The predicted molar refractivity (Wildman–Crippen MR) is 211 cm³/mol. The molecule has 3 unspecified atom stereocenters. The van der Waals surface area contributed by atoms with Crippen LogP contribution in [-0.2, 0) is 14.2 Å². The van der Waals surface area contributed by atoms with E-state index in [1.165, 1.54) is 7.11 Å². The van der Waals surface area contributed by atoms with Crippen LogP contribution in [0.2, 0.25) is 0 Å². The molecular weight excluding hydrogens is 815 g/mol. The number of imide groups is 1. The number of halogens is 1. The average molecular weight is 851 g/mol. The summed E-state index contributed by atoms with van der Waals surface area (Å²) in [5.74, 6) is -2.48. The zero-order chi connectivity index (χ0) is 38.6. The number of ether oxygens (including phenoxy) is 4. The van der Waals surface area contributed by atoms with Gasteiger partial charge in [-0.3, -0.25) is 9.59 Å². The van der Waals surface area contributed by atoms with Crippen molar-refractivity contribution in [1.29, 1.82) is 0 Å². The van der Waals surface area contributed by atoms with E-state index in [0.717, 1.165) is 16.0 Å². The van der Waals surface area contributed by atoms with Gasteiger partial charge < -0.3 is 23.5 Å². The zero-order valence-electron chi connectivity index (χ0n) is 30.0. The zero-order valence-corrected chi connectivity index (χ0v) is 32.2. The fourth-order valence-corrected chi connectivity index (χ4v) is 6.97. The number of methoxy groups -OCH3 is 1. The van der Waals surface area contributed by atoms with E-state index in [0.29, 0.717) is 25.7 Å². The number of amides is 2. The first kappa shape index (κ1) is 37.4. The first-order valence-corrected chi connectivity index (χ1v) is 18.5. The van der Waals surface area contributed by atoms with Crippen molar-refractivity contribution in [2.24, 2.45) is 0 Å². The summed E-state index contributed by atoms with van der Waals surface area (Å²) < 4.78 is 26.4. The number of rotatable bonds is 10. The molecule has 3 atom stereocenters. The standard InChI is InChI=1S/C42H35IN4O8/c1-25-14-18-29(19-15-25)40(50)53-24-33-32(55-41(51)30-20-16-26(2)17-21-30)22-34(54-33)46-23-31(43)35-36(46)44-42(45-37(35)52-3)47(38(48)27-10-6-4-7-11-27)39(49)28-12-8-5-9-13-28/h4-21,23,32-34H,22,24H2,1-3H3. The molecule has 1 aliphatic heterocycles. The highest BCUT2D eigenvalue weighted by Gasteiger charge is 2.41. The van der Waals surface area contributed by atoms with Crippen LogP contribution in [-0.4, -0.2) is 64.2 Å². The number of aromatic nitrogens is 3. The Balaban J connectivity index is 1.26. The normalized spacial score (nSPS) is 16.4. The summed E-state index contributed by atoms with van der Waals surface area (Å²) in [6, 6.07) is 30.7. The van der Waals surface area contributed by atoms with Crippen LogP contribution in [0, 0.1) is 17.4 Å². The lowest BCUT2D eigenvalue weighted by Gasteiger charge is -2.21. The van der Waals surface area contributed by atoms with E-state index < -0.39 is 42.2 Å². The Hall–Kier alpha value is -5.93. The van der Waals surface area contributed by atoms with Crippen molar-refractivity contribution in [3.05, 3.63) is 152 Å². The van der Waals surface area contributed by atoms with Crippen LogP contribution in [0.15, 0.2) is 115 Å². The van der Waals surface area contributed by atoms with Crippen LogP contribution in [0.25, 0.3) is 11.0 Å². The summed E-state index contributed by atoms with van der Waals surface area (Å²) in [6.45, 7) is 3.63. The third-order valence-electron chi connectivity index (χ3n) is 9.12. The molecule has 3 heterocycles. The molecule has 7 rings (SSSR count). The monoisotopic (exact) mass is 850 g/mol. The van der Waals surface area contributed by atoms with Gasteiger partial charge in [-0.2, -0.15) is 9.97 Å². The minimum Gasteiger partial charge on any atom is -0.480 e. The van der Waals surface area contributed by atoms with E-state index in [4.69, 9.17) is 23.9 Å². The third-order valence-corrected chi connectivity index (χ3v) is 9.94. The highest BCUT2D eigenvalue weighted by atomic mass is 127. The van der Waals surface area contributed by atoms with Crippen molar-refractivity contribution < 1.29 is 38.1 Å². The Morgan fingerprint density at radius 3 is 1.85 bits per heavy atom. The second-order valence-corrected chi connectivity index (χ2v) is 14.1. The Morgan fingerprint density at radius 2 is 1.31 bits per heavy atom. The minimum absolute atomic E-state index is 0.124. The SMILES string of the molecule is COc1nc(N(C(=O)c2ccccc2)C(=O)c2ccccc2)nc2c1c(I)cn2C1CC(OC(=O)c2ccc(C)cc2)C(COC(=O)c2ccc(C)cc2)O1. The minimum atomic E-state index is -0.858. The maximum Gasteiger partial charge on any atom is 0.338 e. The quantitative estimate of drug-likeness (QED) is 0.0773. The molecule has 0 aliphatic carbocycles. The lowest BCUT2D eigenvalue weighted by Crippen LogP contribution is -2.38. The number of benzene rings is 4. The molecule has 0 bridgehead atoms. The molecule has 1 saturated heterocycles. The number of fused-ring (bicyclic) bond motifs is 1. The van der Waals surface area contributed by atoms with Crippen molar-refractivity contribution in [2.75, 3.05) is 18.6 Å². The maximum absolute atomic E-state index is 14.1. The number of carbonyl (C=O) groups excluding carboxylic acids is 4. The number of anilines is 1. The fourth-order valence-electron chi connectivity index (χ4n) is 6.19. The van der Waals surface area contributed by atoms with Crippen molar-refractivity contribution in [1.82, 2.24) is 14.5 Å². The second kappa shape index (κ2) is 16.2. The molecule has 4 aromatic carbocycles. The van der Waals surface area contributed by atoms with Crippen LogP contribution in [0.5, 0.6) is 5.88 Å². The molecule has 278 valence electrons. The van der Waals surface area contributed by atoms with Crippen LogP contribution in [0.1, 0.15) is 65.2 Å². The first-order valence-electron chi connectivity index (χ1n) is 17.4. The summed E-state index contributed by atoms with van der Waals surface area (Å²) in [4.78, 5) is 64.9. The topological polar surface area (TPSA) is 139 Å². The average Bonchev–Trinajstić information content (AvgIpc) is 3.77. The van der Waals surface area contributed by atoms with Crippen LogP contribution >= 0.6 is 22.6 Å². The molecule has 12 nitrogen and oxygen atoms in total. The first-order chi connectivity index (χ1) is 26.6. The van der Waals surface area contributed by atoms with Gasteiger partial charge in [0.25, 0.3) is 11.8 Å². The highest BCUT2D eigenvalue weighted by Crippen LogP contribution is 2.39. The summed E-state index contributed by atoms with van der Waals surface area (Å²) in [5, 5.41) is 0.511. The van der Waals surface area contributed by atoms with Gasteiger partial charge in [0.15, 0.2) is 5.65 Å². The Kier molecular flexibility index (Phi) is 11.0. The third kappa shape index (κ3) is 7.98. The molecule has 6 aromatic rings. The number of nitrogens with zero attached hydrogens (tertiary/aromatic N) is 4. The van der Waals surface area contributed by atoms with Crippen molar-refractivity contribution in [3.8, 4) is 5.88 Å². The summed E-state index contributed by atoms with van der Waals surface area (Å²) in [5.41, 5.74) is 3.51. The molecule has 2 amide bonds. The molecule has 0 saturated carbocycles. The van der Waals surface area contributed by atoms with E-state index in [9.17, 15) is 19.2 Å². The number of esters is 2. The lowest BCUT2D eigenvalue weighted by molar-refractivity contribution is -0.0562. The molecule has 55 heavy (non-hydrogen) atoms. The molecule has 0 N–H and O–H groups in total. The largest absolute Gasteiger partial charge is 0.480 e. The van der Waals surface area contributed by atoms with Crippen LogP contribution in [0.4, 0.5) is 5.95 Å². The summed E-state index contributed by atoms with van der Waals surface area (Å²) in [6.07, 6.45) is -0.553. The van der Waals surface area contributed by atoms with Crippen LogP contribution < -0.4 is 9.64 Å². The van der Waals surface area contributed by atoms with E-state index >= 15 is 0 Å². The van der Waals surface area contributed by atoms with E-state index in [-0.39, 0.29) is 36.0 Å². The Morgan fingerprint density at radius 1 is 0.764 bits per heavy atom. The number of aryl methyl sites for hydroxylation is 2. The second-order valence-electron chi connectivity index (χ2n) is 12.9. The molecule has 13 heteroatoms. The van der Waals surface area contributed by atoms with Gasteiger partial charge in [-0.1, -0.05) is 71.8 Å². The molecule has 0 radical (unpaired) electrons. The van der Waals surface area contributed by atoms with Gasteiger partial charge >= 0.3 is 11.9 Å². The van der Waals surface area contributed by atoms with Crippen LogP contribution in [0.3, 0.4) is 0 Å². The van der Waals surface area contributed by atoms with Gasteiger partial charge in [0.2, 0.25) is 11.8 Å². The van der Waals surface area contributed by atoms with Gasteiger partial charge in [-0.15, -0.1) is 0 Å². The van der Waals surface area contributed by atoms with Gasteiger partial charge in [-0.25, -0.2) is 14.5 Å². The van der Waals surface area contributed by atoms with Crippen molar-refractivity contribution in [2.45, 2.75) is 38.7 Å². The van der Waals surface area contributed by atoms with E-state index in [1.54, 1.807) is 95.7 Å². The number of hydrogen-bond acceptors (Lipinski definition) is 10.